The van der Waals surface area contributed by atoms with Gasteiger partial charge in [0, 0.05) is 37.6 Å². The van der Waals surface area contributed by atoms with Gasteiger partial charge in [-0.15, -0.1) is 0 Å². The molecule has 124 valence electrons. The van der Waals surface area contributed by atoms with Crippen molar-refractivity contribution >= 4 is 5.91 Å². The number of carbonyl (C=O) groups is 1. The molecule has 0 unspecified atom stereocenters. The van der Waals surface area contributed by atoms with Gasteiger partial charge in [-0.05, 0) is 63.2 Å². The smallest absolute Gasteiger partial charge is 0.246 e. The van der Waals surface area contributed by atoms with Gasteiger partial charge >= 0.3 is 0 Å². The van der Waals surface area contributed by atoms with E-state index in [0.29, 0.717) is 17.8 Å². The molecule has 2 aliphatic rings. The minimum atomic E-state index is 0.179. The molecule has 3 atom stereocenters. The van der Waals surface area contributed by atoms with Gasteiger partial charge in [0.05, 0.1) is 0 Å². The molecule has 1 aliphatic heterocycles. The first kappa shape index (κ1) is 16.2. The number of amides is 1. The van der Waals surface area contributed by atoms with Crippen molar-refractivity contribution in [2.75, 3.05) is 33.7 Å². The van der Waals surface area contributed by atoms with Crippen molar-refractivity contribution in [1.29, 1.82) is 0 Å². The third-order valence-electron chi connectivity index (χ3n) is 5.25. The van der Waals surface area contributed by atoms with Crippen LogP contribution >= 0.6 is 0 Å². The first-order chi connectivity index (χ1) is 11.1. The average molecular weight is 313 g/mol. The fourth-order valence-corrected chi connectivity index (χ4v) is 4.07. The van der Waals surface area contributed by atoms with Crippen molar-refractivity contribution < 1.29 is 4.79 Å². The van der Waals surface area contributed by atoms with Crippen LogP contribution in [0, 0.1) is 17.8 Å². The Balaban J connectivity index is 1.56. The van der Waals surface area contributed by atoms with Crippen molar-refractivity contribution in [3.05, 3.63) is 42.2 Å². The monoisotopic (exact) mass is 313 g/mol. The molecule has 2 fully saturated rings. The highest BCUT2D eigenvalue weighted by Crippen LogP contribution is 2.43. The van der Waals surface area contributed by atoms with E-state index < -0.39 is 0 Å². The summed E-state index contributed by atoms with van der Waals surface area (Å²) in [6, 6.07) is 6.15. The van der Waals surface area contributed by atoms with Gasteiger partial charge in [0.2, 0.25) is 5.91 Å². The normalized spacial score (nSPS) is 27.1. The van der Waals surface area contributed by atoms with Gasteiger partial charge in [-0.2, -0.15) is 0 Å². The van der Waals surface area contributed by atoms with Crippen molar-refractivity contribution in [2.45, 2.75) is 19.3 Å². The van der Waals surface area contributed by atoms with E-state index in [1.807, 2.05) is 37.3 Å². The van der Waals surface area contributed by atoms with E-state index in [1.165, 1.54) is 18.5 Å². The van der Waals surface area contributed by atoms with E-state index in [-0.39, 0.29) is 5.91 Å². The fourth-order valence-electron chi connectivity index (χ4n) is 4.07. The summed E-state index contributed by atoms with van der Waals surface area (Å²) in [5, 5.41) is 0. The van der Waals surface area contributed by atoms with E-state index >= 15 is 0 Å². The second-order valence-corrected chi connectivity index (χ2v) is 7.19. The van der Waals surface area contributed by atoms with Crippen molar-refractivity contribution in [1.82, 2.24) is 14.8 Å². The Labute approximate surface area is 139 Å². The largest absolute Gasteiger partial charge is 0.339 e. The van der Waals surface area contributed by atoms with Crippen LogP contribution in [0.25, 0.3) is 0 Å². The first-order valence-electron chi connectivity index (χ1n) is 8.63. The summed E-state index contributed by atoms with van der Waals surface area (Å²) in [6.45, 7) is 2.68. The van der Waals surface area contributed by atoms with E-state index in [9.17, 15) is 4.79 Å². The molecule has 0 bridgehead atoms. The van der Waals surface area contributed by atoms with E-state index in [4.69, 9.17) is 0 Å². The van der Waals surface area contributed by atoms with Crippen molar-refractivity contribution in [3.8, 4) is 0 Å². The summed E-state index contributed by atoms with van der Waals surface area (Å²) in [6.07, 6.45) is 9.18. The van der Waals surface area contributed by atoms with Gasteiger partial charge in [0.25, 0.3) is 0 Å². The van der Waals surface area contributed by atoms with Gasteiger partial charge in [-0.25, -0.2) is 0 Å². The summed E-state index contributed by atoms with van der Waals surface area (Å²) < 4.78 is 0. The van der Waals surface area contributed by atoms with Gasteiger partial charge < -0.3 is 9.80 Å². The number of fused-ring (bicyclic) bond motifs is 1. The zero-order valence-corrected chi connectivity index (χ0v) is 14.2. The molecule has 1 aliphatic carbocycles. The minimum Gasteiger partial charge on any atom is -0.339 e. The Morgan fingerprint density at radius 1 is 1.35 bits per heavy atom. The summed E-state index contributed by atoms with van der Waals surface area (Å²) in [4.78, 5) is 20.9. The third-order valence-corrected chi connectivity index (χ3v) is 5.25. The molecular formula is C19H27N3O. The van der Waals surface area contributed by atoms with Crippen molar-refractivity contribution in [3.63, 3.8) is 0 Å². The molecule has 3 rings (SSSR count). The Morgan fingerprint density at radius 2 is 2.22 bits per heavy atom. The number of likely N-dealkylation sites (tertiary alicyclic amines) is 1. The second kappa shape index (κ2) is 7.26. The number of hydrogen-bond acceptors (Lipinski definition) is 3. The topological polar surface area (TPSA) is 36.4 Å². The maximum atomic E-state index is 12.3. The molecule has 0 radical (unpaired) electrons. The molecule has 1 amide bonds. The molecule has 0 spiro atoms. The van der Waals surface area contributed by atoms with Crippen LogP contribution in [0.3, 0.4) is 0 Å². The lowest BCUT2D eigenvalue weighted by molar-refractivity contribution is -0.125. The Hall–Kier alpha value is -1.68. The van der Waals surface area contributed by atoms with Crippen molar-refractivity contribution in [2.24, 2.45) is 17.8 Å². The fraction of sp³-hybridized carbons (Fsp3) is 0.579. The molecule has 2 heterocycles. The Bertz CT molecular complexity index is 555. The van der Waals surface area contributed by atoms with E-state index in [1.54, 1.807) is 6.08 Å². The Morgan fingerprint density at radius 3 is 2.96 bits per heavy atom. The second-order valence-electron chi connectivity index (χ2n) is 7.19. The highest BCUT2D eigenvalue weighted by molar-refractivity contribution is 5.87. The van der Waals surface area contributed by atoms with Crippen LogP contribution in [0.1, 0.15) is 18.5 Å². The van der Waals surface area contributed by atoms with Gasteiger partial charge in [-0.1, -0.05) is 12.1 Å². The first-order valence-corrected chi connectivity index (χ1v) is 8.63. The number of pyridine rings is 1. The number of likely N-dealkylation sites (N-methyl/N-ethyl adjacent to an activating group) is 1. The molecule has 4 heteroatoms. The standard InChI is InChI=1S/C19H27N3O/c1-21(2)11-5-7-19(23)22-13-16-9-8-15(18(16)14-22)12-17-6-3-4-10-20-17/h3-7,10,15-16,18H,8-9,11-14H2,1-2H3/b7-5+/t15-,16-,18-/m1/s1. The van der Waals surface area contributed by atoms with Crippen LogP contribution < -0.4 is 0 Å². The number of carbonyl (C=O) groups excluding carboxylic acids is 1. The van der Waals surface area contributed by atoms with Crippen LogP contribution in [0.15, 0.2) is 36.5 Å². The van der Waals surface area contributed by atoms with Crippen LogP contribution in [-0.2, 0) is 11.2 Å². The summed E-state index contributed by atoms with van der Waals surface area (Å²) in [5.41, 5.74) is 1.19. The van der Waals surface area contributed by atoms with Crippen LogP contribution in [-0.4, -0.2) is 54.4 Å². The number of rotatable bonds is 5. The summed E-state index contributed by atoms with van der Waals surface area (Å²) in [5.74, 6) is 2.20. The molecule has 4 nitrogen and oxygen atoms in total. The third kappa shape index (κ3) is 3.99. The summed E-state index contributed by atoms with van der Waals surface area (Å²) >= 11 is 0. The molecule has 1 saturated carbocycles. The molecule has 23 heavy (non-hydrogen) atoms. The lowest BCUT2D eigenvalue weighted by Crippen LogP contribution is -2.29. The molecule has 1 aromatic heterocycles. The van der Waals surface area contributed by atoms with Gasteiger partial charge in [-0.3, -0.25) is 9.78 Å². The number of nitrogens with zero attached hydrogens (tertiary/aromatic N) is 3. The quantitative estimate of drug-likeness (QED) is 0.782. The van der Waals surface area contributed by atoms with Crippen LogP contribution in [0.4, 0.5) is 0 Å². The lowest BCUT2D eigenvalue weighted by Gasteiger charge is -2.20. The predicted octanol–water partition coefficient (Wildman–Crippen LogP) is 2.23. The molecular weight excluding hydrogens is 286 g/mol. The molecule has 0 N–H and O–H groups in total. The summed E-state index contributed by atoms with van der Waals surface area (Å²) in [7, 11) is 4.02. The van der Waals surface area contributed by atoms with Gasteiger partial charge in [0.1, 0.15) is 0 Å². The molecule has 1 aromatic rings. The number of hydrogen-bond donors (Lipinski definition) is 0. The van der Waals surface area contributed by atoms with Gasteiger partial charge in [0.15, 0.2) is 0 Å². The zero-order valence-electron chi connectivity index (χ0n) is 14.2. The SMILES string of the molecule is CN(C)C/C=C/C(=O)N1C[C@H]2CC[C@H](Cc3ccccn3)[C@H]2C1. The average Bonchev–Trinajstić information content (AvgIpc) is 3.10. The van der Waals surface area contributed by atoms with Crippen LogP contribution in [0.2, 0.25) is 0 Å². The zero-order chi connectivity index (χ0) is 16.2. The Kier molecular flexibility index (Phi) is 5.11. The maximum Gasteiger partial charge on any atom is 0.246 e. The predicted molar refractivity (Wildman–Crippen MR) is 91.9 cm³/mol. The van der Waals surface area contributed by atoms with E-state index in [2.05, 4.69) is 22.0 Å². The minimum absolute atomic E-state index is 0.179. The number of aromatic nitrogens is 1. The highest BCUT2D eigenvalue weighted by atomic mass is 16.2. The van der Waals surface area contributed by atoms with Crippen LogP contribution in [0.5, 0.6) is 0 Å². The molecule has 1 saturated heterocycles. The highest BCUT2D eigenvalue weighted by Gasteiger charge is 2.43. The van der Waals surface area contributed by atoms with E-state index in [0.717, 1.165) is 26.1 Å². The lowest BCUT2D eigenvalue weighted by atomic mass is 9.89. The maximum absolute atomic E-state index is 12.3. The molecule has 0 aromatic carbocycles.